The molecule has 7 heteroatoms. The third kappa shape index (κ3) is 5.56. The number of nitrogens with one attached hydrogen (secondary N) is 1. The van der Waals surface area contributed by atoms with E-state index in [1.165, 1.54) is 17.4 Å². The fourth-order valence-electron chi connectivity index (χ4n) is 2.01. The molecule has 2 aromatic rings. The Balaban J connectivity index is 2.04. The van der Waals surface area contributed by atoms with E-state index in [4.69, 9.17) is 9.47 Å². The Morgan fingerprint density at radius 2 is 1.92 bits per heavy atom. The molecule has 1 N–H and O–H groups in total. The molecule has 1 aromatic heterocycles. The molecule has 0 bridgehead atoms. The van der Waals surface area contributed by atoms with E-state index in [9.17, 15) is 4.79 Å². The molecule has 0 spiro atoms. The zero-order valence-electron chi connectivity index (χ0n) is 14.9. The maximum absolute atomic E-state index is 12.0. The van der Waals surface area contributed by atoms with Gasteiger partial charge < -0.3 is 9.47 Å². The van der Waals surface area contributed by atoms with Crippen LogP contribution in [0.2, 0.25) is 0 Å². The number of carbonyl (C=O) groups excluding carboxylic acids is 1. The van der Waals surface area contributed by atoms with Gasteiger partial charge in [0.1, 0.15) is 5.01 Å². The van der Waals surface area contributed by atoms with Gasteiger partial charge in [-0.15, -0.1) is 10.2 Å². The number of hydrogen-bond acceptors (Lipinski definition) is 6. The Labute approximate surface area is 151 Å². The van der Waals surface area contributed by atoms with Gasteiger partial charge in [0.05, 0.1) is 13.2 Å². The molecule has 134 valence electrons. The second-order valence-electron chi connectivity index (χ2n) is 5.49. The predicted octanol–water partition coefficient (Wildman–Crippen LogP) is 4.11. The number of ether oxygens (including phenoxy) is 2. The summed E-state index contributed by atoms with van der Waals surface area (Å²) < 4.78 is 11.1. The quantitative estimate of drug-likeness (QED) is 0.716. The summed E-state index contributed by atoms with van der Waals surface area (Å²) in [6.07, 6.45) is 3.18. The summed E-state index contributed by atoms with van der Waals surface area (Å²) in [7, 11) is 0. The van der Waals surface area contributed by atoms with E-state index in [0.29, 0.717) is 35.8 Å². The van der Waals surface area contributed by atoms with Crippen molar-refractivity contribution in [2.75, 3.05) is 18.5 Å². The summed E-state index contributed by atoms with van der Waals surface area (Å²) in [6, 6.07) is 5.56. The predicted molar refractivity (Wildman–Crippen MR) is 100 cm³/mol. The monoisotopic (exact) mass is 361 g/mol. The van der Waals surface area contributed by atoms with Gasteiger partial charge in [0.15, 0.2) is 11.5 Å². The summed E-state index contributed by atoms with van der Waals surface area (Å²) in [4.78, 5) is 12.0. The van der Waals surface area contributed by atoms with Gasteiger partial charge in [-0.05, 0) is 37.6 Å². The Hall–Kier alpha value is -2.41. The van der Waals surface area contributed by atoms with Gasteiger partial charge >= 0.3 is 0 Å². The van der Waals surface area contributed by atoms with Crippen molar-refractivity contribution < 1.29 is 14.3 Å². The van der Waals surface area contributed by atoms with Crippen molar-refractivity contribution in [2.45, 2.75) is 33.6 Å². The molecule has 0 radical (unpaired) electrons. The van der Waals surface area contributed by atoms with Gasteiger partial charge in [0, 0.05) is 12.0 Å². The second kappa shape index (κ2) is 9.17. The smallest absolute Gasteiger partial charge is 0.250 e. The molecule has 0 unspecified atom stereocenters. The molecule has 1 aromatic carbocycles. The first-order valence-electron chi connectivity index (χ1n) is 8.25. The highest BCUT2D eigenvalue weighted by molar-refractivity contribution is 7.15. The van der Waals surface area contributed by atoms with Crippen LogP contribution in [0, 0.1) is 0 Å². The molecule has 0 fully saturated rings. The summed E-state index contributed by atoms with van der Waals surface area (Å²) in [5, 5.41) is 12.1. The molecule has 0 aliphatic rings. The third-order valence-electron chi connectivity index (χ3n) is 3.16. The highest BCUT2D eigenvalue weighted by atomic mass is 32.1. The topological polar surface area (TPSA) is 73.3 Å². The first-order chi connectivity index (χ1) is 12.0. The number of hydrogen-bond donors (Lipinski definition) is 1. The number of amides is 1. The fraction of sp³-hybridized carbons (Fsp3) is 0.389. The van der Waals surface area contributed by atoms with Gasteiger partial charge in [-0.25, -0.2) is 0 Å². The normalized spacial score (nSPS) is 11.1. The van der Waals surface area contributed by atoms with E-state index in [0.717, 1.165) is 10.6 Å². The molecule has 0 saturated heterocycles. The number of anilines is 1. The Morgan fingerprint density at radius 3 is 2.56 bits per heavy atom. The van der Waals surface area contributed by atoms with Crippen molar-refractivity contribution in [3.8, 4) is 11.5 Å². The third-order valence-corrected chi connectivity index (χ3v) is 4.30. The molecule has 1 heterocycles. The summed E-state index contributed by atoms with van der Waals surface area (Å²) in [5.41, 5.74) is 0.849. The van der Waals surface area contributed by atoms with Gasteiger partial charge in [-0.2, -0.15) is 0 Å². The minimum atomic E-state index is -0.252. The average molecular weight is 361 g/mol. The van der Waals surface area contributed by atoms with Crippen molar-refractivity contribution >= 4 is 28.5 Å². The number of rotatable bonds is 8. The highest BCUT2D eigenvalue weighted by Crippen LogP contribution is 2.29. The summed E-state index contributed by atoms with van der Waals surface area (Å²) >= 11 is 1.38. The van der Waals surface area contributed by atoms with Crippen LogP contribution in [0.4, 0.5) is 5.13 Å². The molecule has 2 rings (SSSR count). The lowest BCUT2D eigenvalue weighted by Crippen LogP contribution is -2.07. The van der Waals surface area contributed by atoms with Crippen LogP contribution >= 0.6 is 11.3 Å². The maximum Gasteiger partial charge on any atom is 0.250 e. The minimum absolute atomic E-state index is 0.252. The van der Waals surface area contributed by atoms with Crippen LogP contribution in [-0.2, 0) is 4.79 Å². The number of aromatic nitrogens is 2. The summed E-state index contributed by atoms with van der Waals surface area (Å²) in [6.45, 7) is 9.02. The molecular formula is C18H23N3O3S. The van der Waals surface area contributed by atoms with Gasteiger partial charge in [0.2, 0.25) is 11.0 Å². The van der Waals surface area contributed by atoms with Crippen LogP contribution in [0.5, 0.6) is 11.5 Å². The average Bonchev–Trinajstić information content (AvgIpc) is 3.04. The Morgan fingerprint density at radius 1 is 1.20 bits per heavy atom. The Bertz CT molecular complexity index is 741. The lowest BCUT2D eigenvalue weighted by atomic mass is 10.2. The van der Waals surface area contributed by atoms with Gasteiger partial charge in [-0.1, -0.05) is 31.3 Å². The standard InChI is InChI=1S/C18H23N3O3S/c1-5-23-14-9-7-13(11-15(14)24-6-2)8-10-16(22)19-18-21-20-17(25-18)12(3)4/h7-12H,5-6H2,1-4H3,(H,19,21,22). The molecule has 0 aliphatic carbocycles. The van der Waals surface area contributed by atoms with E-state index in [-0.39, 0.29) is 5.91 Å². The van der Waals surface area contributed by atoms with Crippen LogP contribution in [0.1, 0.15) is 44.2 Å². The van der Waals surface area contributed by atoms with Crippen molar-refractivity contribution in [2.24, 2.45) is 0 Å². The lowest BCUT2D eigenvalue weighted by molar-refractivity contribution is -0.111. The zero-order valence-corrected chi connectivity index (χ0v) is 15.7. The van der Waals surface area contributed by atoms with Crippen LogP contribution in [0.3, 0.4) is 0 Å². The van der Waals surface area contributed by atoms with Crippen LogP contribution in [-0.4, -0.2) is 29.3 Å². The SMILES string of the molecule is CCOc1ccc(C=CC(=O)Nc2nnc(C(C)C)s2)cc1OCC. The second-order valence-corrected chi connectivity index (χ2v) is 6.50. The van der Waals surface area contributed by atoms with Crippen LogP contribution < -0.4 is 14.8 Å². The van der Waals surface area contributed by atoms with Crippen molar-refractivity contribution in [1.82, 2.24) is 10.2 Å². The first-order valence-corrected chi connectivity index (χ1v) is 9.07. The fourth-order valence-corrected chi connectivity index (χ4v) is 2.76. The van der Waals surface area contributed by atoms with E-state index in [1.54, 1.807) is 6.08 Å². The molecular weight excluding hydrogens is 338 g/mol. The molecule has 0 saturated carbocycles. The largest absolute Gasteiger partial charge is 0.490 e. The number of carbonyl (C=O) groups is 1. The maximum atomic E-state index is 12.0. The van der Waals surface area contributed by atoms with Crippen molar-refractivity contribution in [3.63, 3.8) is 0 Å². The zero-order chi connectivity index (χ0) is 18.2. The minimum Gasteiger partial charge on any atom is -0.490 e. The van der Waals surface area contributed by atoms with E-state index < -0.39 is 0 Å². The van der Waals surface area contributed by atoms with E-state index >= 15 is 0 Å². The van der Waals surface area contributed by atoms with Gasteiger partial charge in [-0.3, -0.25) is 10.1 Å². The van der Waals surface area contributed by atoms with Crippen LogP contribution in [0.15, 0.2) is 24.3 Å². The molecule has 0 atom stereocenters. The first kappa shape index (κ1) is 18.9. The van der Waals surface area contributed by atoms with E-state index in [1.807, 2.05) is 45.9 Å². The molecule has 25 heavy (non-hydrogen) atoms. The van der Waals surface area contributed by atoms with Crippen molar-refractivity contribution in [3.05, 3.63) is 34.8 Å². The van der Waals surface area contributed by atoms with Gasteiger partial charge in [0.25, 0.3) is 0 Å². The van der Waals surface area contributed by atoms with E-state index in [2.05, 4.69) is 15.5 Å². The Kier molecular flexibility index (Phi) is 6.94. The molecule has 1 amide bonds. The number of nitrogens with zero attached hydrogens (tertiary/aromatic N) is 2. The number of benzene rings is 1. The summed E-state index contributed by atoms with van der Waals surface area (Å²) in [5.74, 6) is 1.40. The van der Waals surface area contributed by atoms with Crippen molar-refractivity contribution in [1.29, 1.82) is 0 Å². The van der Waals surface area contributed by atoms with Crippen LogP contribution in [0.25, 0.3) is 6.08 Å². The lowest BCUT2D eigenvalue weighted by Gasteiger charge is -2.11. The molecule has 0 aliphatic heterocycles. The molecule has 6 nitrogen and oxygen atoms in total. The highest BCUT2D eigenvalue weighted by Gasteiger charge is 2.09.